The summed E-state index contributed by atoms with van der Waals surface area (Å²) in [6.45, 7) is 1.39. The molecule has 1 amide bonds. The molecule has 24 heavy (non-hydrogen) atoms. The Morgan fingerprint density at radius 2 is 1.54 bits per heavy atom. The molecule has 6 heteroatoms. The summed E-state index contributed by atoms with van der Waals surface area (Å²) in [5.41, 5.74) is 0.930. The van der Waals surface area contributed by atoms with E-state index < -0.39 is 5.97 Å². The number of hydrogen-bond acceptors (Lipinski definition) is 4. The summed E-state index contributed by atoms with van der Waals surface area (Å²) in [5.74, 6) is -0.541. The summed E-state index contributed by atoms with van der Waals surface area (Å²) in [7, 11) is 7.04. The van der Waals surface area contributed by atoms with E-state index in [4.69, 9.17) is 4.74 Å². The number of esters is 1. The molecule has 0 N–H and O–H groups in total. The third kappa shape index (κ3) is 4.24. The smallest absolute Gasteiger partial charge is 0.338 e. The quantitative estimate of drug-likeness (QED) is 0.778. The Morgan fingerprint density at radius 3 is 2.08 bits per heavy atom. The van der Waals surface area contributed by atoms with Gasteiger partial charge < -0.3 is 14.5 Å². The Bertz CT molecular complexity index is 726. The fourth-order valence-electron chi connectivity index (χ4n) is 2.46. The summed E-state index contributed by atoms with van der Waals surface area (Å²) < 4.78 is 4.85. The van der Waals surface area contributed by atoms with Crippen molar-refractivity contribution in [1.82, 2.24) is 9.80 Å². The maximum Gasteiger partial charge on any atom is 0.338 e. The van der Waals surface area contributed by atoms with Gasteiger partial charge in [0, 0.05) is 31.1 Å². The predicted molar refractivity (Wildman–Crippen MR) is 98.1 cm³/mol. The molecule has 0 aliphatic heterocycles. The van der Waals surface area contributed by atoms with E-state index in [0.29, 0.717) is 23.1 Å². The molecule has 5 nitrogen and oxygen atoms in total. The van der Waals surface area contributed by atoms with Crippen molar-refractivity contribution in [2.75, 3.05) is 41.3 Å². The number of carbonyl (C=O) groups excluding carboxylic acids is 2. The number of benzene rings is 2. The fraction of sp³-hybridized carbons (Fsp3) is 0.333. The first kappa shape index (κ1) is 19.9. The topological polar surface area (TPSA) is 49.9 Å². The molecule has 0 saturated heterocycles. The minimum Gasteiger partial charge on any atom is -0.465 e. The normalized spacial score (nSPS) is 10.4. The van der Waals surface area contributed by atoms with E-state index in [2.05, 4.69) is 0 Å². The second kappa shape index (κ2) is 8.66. The minimum atomic E-state index is -0.438. The summed E-state index contributed by atoms with van der Waals surface area (Å²) >= 11 is 0. The van der Waals surface area contributed by atoms with Crippen molar-refractivity contribution >= 4 is 35.1 Å². The number of hydrogen-bond donors (Lipinski definition) is 0. The Labute approximate surface area is 148 Å². The first-order chi connectivity index (χ1) is 11.0. The third-order valence-corrected chi connectivity index (χ3v) is 3.77. The van der Waals surface area contributed by atoms with Gasteiger partial charge in [-0.05, 0) is 31.6 Å². The van der Waals surface area contributed by atoms with Gasteiger partial charge in [0.15, 0.2) is 0 Å². The highest BCUT2D eigenvalue weighted by atomic mass is 35.5. The number of rotatable bonds is 5. The molecule has 2 aromatic carbocycles. The van der Waals surface area contributed by atoms with Crippen LogP contribution in [-0.2, 0) is 4.74 Å². The first-order valence-corrected chi connectivity index (χ1v) is 7.46. The average molecular weight is 351 g/mol. The van der Waals surface area contributed by atoms with Crippen LogP contribution < -0.4 is 0 Å². The molecule has 2 rings (SSSR count). The van der Waals surface area contributed by atoms with E-state index in [-0.39, 0.29) is 18.3 Å². The Balaban J connectivity index is 0.00000288. The van der Waals surface area contributed by atoms with Crippen molar-refractivity contribution in [2.45, 2.75) is 0 Å². The van der Waals surface area contributed by atoms with Gasteiger partial charge in [-0.15, -0.1) is 12.4 Å². The lowest BCUT2D eigenvalue weighted by atomic mass is 9.98. The largest absolute Gasteiger partial charge is 0.465 e. The van der Waals surface area contributed by atoms with Crippen LogP contribution in [0.1, 0.15) is 20.7 Å². The lowest BCUT2D eigenvalue weighted by molar-refractivity contribution is 0.0603. The molecule has 0 unspecified atom stereocenters. The summed E-state index contributed by atoms with van der Waals surface area (Å²) in [5, 5.41) is 1.49. The summed E-state index contributed by atoms with van der Waals surface area (Å²) in [4.78, 5) is 28.5. The van der Waals surface area contributed by atoms with E-state index >= 15 is 0 Å². The zero-order chi connectivity index (χ0) is 17.0. The van der Waals surface area contributed by atoms with Crippen molar-refractivity contribution in [3.05, 3.63) is 47.5 Å². The summed E-state index contributed by atoms with van der Waals surface area (Å²) in [6, 6.07) is 10.8. The van der Waals surface area contributed by atoms with Gasteiger partial charge in [-0.3, -0.25) is 4.79 Å². The van der Waals surface area contributed by atoms with Gasteiger partial charge in [0.05, 0.1) is 12.7 Å². The van der Waals surface area contributed by atoms with Gasteiger partial charge in [0.25, 0.3) is 5.91 Å². The molecule has 0 aromatic heterocycles. The zero-order valence-electron chi connectivity index (χ0n) is 14.4. The second-order valence-corrected chi connectivity index (χ2v) is 5.73. The van der Waals surface area contributed by atoms with Crippen LogP contribution in [-0.4, -0.2) is 63.0 Å². The number of halogens is 1. The van der Waals surface area contributed by atoms with E-state index in [1.165, 1.54) is 7.11 Å². The van der Waals surface area contributed by atoms with E-state index in [1.54, 1.807) is 30.1 Å². The van der Waals surface area contributed by atoms with Gasteiger partial charge in [0.2, 0.25) is 0 Å². The molecule has 0 atom stereocenters. The number of likely N-dealkylation sites (N-methyl/N-ethyl adjacent to an activating group) is 2. The number of amides is 1. The van der Waals surface area contributed by atoms with Crippen molar-refractivity contribution < 1.29 is 14.3 Å². The SMILES string of the molecule is COC(=O)c1cccc2cccc(C(=O)N(C)CCN(C)C)c12.Cl. The van der Waals surface area contributed by atoms with Crippen LogP contribution in [0.15, 0.2) is 36.4 Å². The van der Waals surface area contributed by atoms with Crippen LogP contribution in [0.2, 0.25) is 0 Å². The van der Waals surface area contributed by atoms with Crippen LogP contribution in [0, 0.1) is 0 Å². The van der Waals surface area contributed by atoms with Crippen LogP contribution in [0.25, 0.3) is 10.8 Å². The maximum absolute atomic E-state index is 12.8. The van der Waals surface area contributed by atoms with Gasteiger partial charge in [-0.2, -0.15) is 0 Å². The first-order valence-electron chi connectivity index (χ1n) is 7.46. The van der Waals surface area contributed by atoms with Crippen molar-refractivity contribution in [2.24, 2.45) is 0 Å². The second-order valence-electron chi connectivity index (χ2n) is 5.73. The average Bonchev–Trinajstić information content (AvgIpc) is 2.57. The third-order valence-electron chi connectivity index (χ3n) is 3.77. The van der Waals surface area contributed by atoms with E-state index in [1.807, 2.05) is 37.2 Å². The Kier molecular flexibility index (Phi) is 7.19. The predicted octanol–water partition coefficient (Wildman–Crippen LogP) is 2.68. The van der Waals surface area contributed by atoms with Crippen LogP contribution in [0.3, 0.4) is 0 Å². The number of nitrogens with zero attached hydrogens (tertiary/aromatic N) is 2. The molecule has 0 heterocycles. The van der Waals surface area contributed by atoms with Crippen molar-refractivity contribution in [3.63, 3.8) is 0 Å². The molecule has 2 aromatic rings. The number of ether oxygens (including phenoxy) is 1. The lowest BCUT2D eigenvalue weighted by Gasteiger charge is -2.21. The van der Waals surface area contributed by atoms with Crippen molar-refractivity contribution in [3.8, 4) is 0 Å². The fourth-order valence-corrected chi connectivity index (χ4v) is 2.46. The Morgan fingerprint density at radius 1 is 0.958 bits per heavy atom. The molecule has 0 saturated carbocycles. The van der Waals surface area contributed by atoms with E-state index in [9.17, 15) is 9.59 Å². The zero-order valence-corrected chi connectivity index (χ0v) is 15.2. The van der Waals surface area contributed by atoms with Crippen LogP contribution >= 0.6 is 12.4 Å². The van der Waals surface area contributed by atoms with Gasteiger partial charge >= 0.3 is 5.97 Å². The monoisotopic (exact) mass is 350 g/mol. The van der Waals surface area contributed by atoms with Crippen LogP contribution in [0.4, 0.5) is 0 Å². The van der Waals surface area contributed by atoms with Gasteiger partial charge in [0.1, 0.15) is 0 Å². The Hall–Kier alpha value is -2.11. The molecule has 0 bridgehead atoms. The van der Waals surface area contributed by atoms with E-state index in [0.717, 1.165) is 11.9 Å². The standard InChI is InChI=1S/C18H22N2O3.ClH/c1-19(2)11-12-20(3)17(21)14-9-5-7-13-8-6-10-15(16(13)14)18(22)23-4;/h5-10H,11-12H2,1-4H3;1H. The highest BCUT2D eigenvalue weighted by Crippen LogP contribution is 2.24. The van der Waals surface area contributed by atoms with Crippen LogP contribution in [0.5, 0.6) is 0 Å². The van der Waals surface area contributed by atoms with Gasteiger partial charge in [-0.1, -0.05) is 24.3 Å². The number of methoxy groups -OCH3 is 1. The highest BCUT2D eigenvalue weighted by Gasteiger charge is 2.19. The number of fused-ring (bicyclic) bond motifs is 1. The summed E-state index contributed by atoms with van der Waals surface area (Å²) in [6.07, 6.45) is 0. The lowest BCUT2D eigenvalue weighted by Crippen LogP contribution is -2.33. The minimum absolute atomic E-state index is 0. The molecule has 0 aliphatic rings. The molecular formula is C18H23ClN2O3. The molecular weight excluding hydrogens is 328 g/mol. The molecule has 0 spiro atoms. The molecule has 0 aliphatic carbocycles. The number of carbonyl (C=O) groups is 2. The highest BCUT2D eigenvalue weighted by molar-refractivity contribution is 6.14. The molecule has 130 valence electrons. The molecule has 0 fully saturated rings. The van der Waals surface area contributed by atoms with Crippen molar-refractivity contribution in [1.29, 1.82) is 0 Å². The molecule has 0 radical (unpaired) electrons. The van der Waals surface area contributed by atoms with Gasteiger partial charge in [-0.25, -0.2) is 4.79 Å². The maximum atomic E-state index is 12.8.